The van der Waals surface area contributed by atoms with Crippen molar-refractivity contribution in [3.63, 3.8) is 0 Å². The molecule has 1 aliphatic carbocycles. The van der Waals surface area contributed by atoms with E-state index in [9.17, 15) is 0 Å². The molecule has 0 aromatic rings. The SMILES string of the molecule is [CH2-]CCC1(C)C(CCC)[C@H]1C[CH2-].[Y].[Y].[Y]. The van der Waals surface area contributed by atoms with Gasteiger partial charge in [0.15, 0.2) is 0 Å². The molecule has 0 saturated heterocycles. The molecular weight excluding hydrogens is 411 g/mol. The standard InChI is InChI=1S/C12H22.3Y/c1-5-8-11-10(7-3)12(11,4)9-6-2;;;/h10-11H,2-3,5-9H2,1,4H3;;;/q-2;;;/t10-,11?,12?;;;/m1.../s1. The van der Waals surface area contributed by atoms with Gasteiger partial charge in [-0.15, -0.1) is 0 Å². The van der Waals surface area contributed by atoms with Crippen molar-refractivity contribution in [2.75, 3.05) is 0 Å². The second-order valence-electron chi connectivity index (χ2n) is 4.40. The molecule has 2 unspecified atom stereocenters. The Labute approximate surface area is 172 Å². The van der Waals surface area contributed by atoms with Crippen LogP contribution in [0.15, 0.2) is 0 Å². The van der Waals surface area contributed by atoms with Gasteiger partial charge in [-0.2, -0.15) is 12.8 Å². The Bertz CT molecular complexity index is 150. The number of hydrogen-bond acceptors (Lipinski definition) is 0. The van der Waals surface area contributed by atoms with E-state index in [-0.39, 0.29) is 98.1 Å². The van der Waals surface area contributed by atoms with Crippen LogP contribution in [0.3, 0.4) is 0 Å². The predicted octanol–water partition coefficient (Wildman–Crippen LogP) is 3.87. The Morgan fingerprint density at radius 1 is 1.07 bits per heavy atom. The zero-order valence-corrected chi connectivity index (χ0v) is 18.9. The summed E-state index contributed by atoms with van der Waals surface area (Å²) in [5.41, 5.74) is 0.611. The smallest absolute Gasteiger partial charge is 0 e. The largest absolute Gasteiger partial charge is 0.343 e. The van der Waals surface area contributed by atoms with Gasteiger partial charge in [0, 0.05) is 98.1 Å². The second kappa shape index (κ2) is 11.2. The van der Waals surface area contributed by atoms with Crippen LogP contribution in [-0.2, 0) is 98.1 Å². The van der Waals surface area contributed by atoms with Gasteiger partial charge in [0.25, 0.3) is 0 Å². The minimum atomic E-state index is 0. The molecule has 1 fully saturated rings. The van der Waals surface area contributed by atoms with Crippen LogP contribution in [0.5, 0.6) is 0 Å². The third kappa shape index (κ3) is 5.86. The Morgan fingerprint density at radius 2 is 1.60 bits per heavy atom. The molecule has 0 N–H and O–H groups in total. The monoisotopic (exact) mass is 433 g/mol. The number of rotatable bonds is 5. The summed E-state index contributed by atoms with van der Waals surface area (Å²) in [5, 5.41) is 0. The van der Waals surface area contributed by atoms with Gasteiger partial charge in [-0.05, 0) is 17.8 Å². The van der Waals surface area contributed by atoms with Crippen molar-refractivity contribution in [2.45, 2.75) is 46.0 Å². The topological polar surface area (TPSA) is 0 Å². The van der Waals surface area contributed by atoms with E-state index < -0.39 is 0 Å². The van der Waals surface area contributed by atoms with E-state index in [0.29, 0.717) is 5.41 Å². The summed E-state index contributed by atoms with van der Waals surface area (Å²) in [6.07, 6.45) is 6.25. The zero-order valence-electron chi connectivity index (χ0n) is 10.3. The molecule has 0 aromatic carbocycles. The van der Waals surface area contributed by atoms with Crippen molar-refractivity contribution in [3.05, 3.63) is 13.8 Å². The van der Waals surface area contributed by atoms with Crippen molar-refractivity contribution in [1.82, 2.24) is 0 Å². The van der Waals surface area contributed by atoms with Crippen LogP contribution in [0, 0.1) is 31.1 Å². The molecule has 0 aliphatic heterocycles. The molecule has 0 spiro atoms. The van der Waals surface area contributed by atoms with Crippen LogP contribution < -0.4 is 0 Å². The van der Waals surface area contributed by atoms with Crippen LogP contribution >= 0.6 is 0 Å². The first-order chi connectivity index (χ1) is 5.70. The molecule has 0 bridgehead atoms. The van der Waals surface area contributed by atoms with Gasteiger partial charge in [-0.1, -0.05) is 32.6 Å². The fourth-order valence-corrected chi connectivity index (χ4v) is 2.89. The first-order valence-electron chi connectivity index (χ1n) is 5.29. The fraction of sp³-hybridized carbons (Fsp3) is 0.833. The van der Waals surface area contributed by atoms with Crippen LogP contribution in [-0.4, -0.2) is 0 Å². The Kier molecular flexibility index (Phi) is 17.4. The normalized spacial score (nSPS) is 32.0. The Balaban J connectivity index is -0.000000480. The van der Waals surface area contributed by atoms with E-state index in [2.05, 4.69) is 27.7 Å². The molecular formula is C12H22Y3-2. The Morgan fingerprint density at radius 3 is 1.93 bits per heavy atom. The van der Waals surface area contributed by atoms with Crippen molar-refractivity contribution >= 4 is 0 Å². The van der Waals surface area contributed by atoms with Gasteiger partial charge < -0.3 is 13.8 Å². The summed E-state index contributed by atoms with van der Waals surface area (Å²) < 4.78 is 0. The number of hydrogen-bond donors (Lipinski definition) is 0. The van der Waals surface area contributed by atoms with Crippen molar-refractivity contribution < 1.29 is 98.1 Å². The summed E-state index contributed by atoms with van der Waals surface area (Å²) in [4.78, 5) is 0. The predicted molar refractivity (Wildman–Crippen MR) is 54.6 cm³/mol. The van der Waals surface area contributed by atoms with Crippen LogP contribution in [0.4, 0.5) is 0 Å². The third-order valence-corrected chi connectivity index (χ3v) is 3.70. The summed E-state index contributed by atoms with van der Waals surface area (Å²) in [7, 11) is 0. The molecule has 3 heteroatoms. The molecule has 1 saturated carbocycles. The molecule has 1 aliphatic rings. The molecule has 0 nitrogen and oxygen atoms in total. The summed E-state index contributed by atoms with van der Waals surface area (Å²) in [6, 6.07) is 0. The molecule has 3 atom stereocenters. The fourth-order valence-electron chi connectivity index (χ4n) is 2.89. The molecule has 0 amide bonds. The van der Waals surface area contributed by atoms with Gasteiger partial charge in [-0.3, -0.25) is 0 Å². The molecule has 0 aromatic heterocycles. The molecule has 81 valence electrons. The molecule has 1 rings (SSSR count). The Hall–Kier alpha value is 3.31. The maximum atomic E-state index is 4.04. The van der Waals surface area contributed by atoms with Crippen LogP contribution in [0.25, 0.3) is 0 Å². The van der Waals surface area contributed by atoms with Crippen molar-refractivity contribution in [3.8, 4) is 0 Å². The van der Waals surface area contributed by atoms with E-state index in [0.717, 1.165) is 24.7 Å². The zero-order chi connectivity index (χ0) is 9.19. The van der Waals surface area contributed by atoms with E-state index in [1.54, 1.807) is 0 Å². The van der Waals surface area contributed by atoms with E-state index >= 15 is 0 Å². The van der Waals surface area contributed by atoms with E-state index in [1.807, 2.05) is 0 Å². The maximum absolute atomic E-state index is 4.04. The van der Waals surface area contributed by atoms with Gasteiger partial charge in [0.05, 0.1) is 0 Å². The summed E-state index contributed by atoms with van der Waals surface area (Å²) in [5.74, 6) is 1.86. The van der Waals surface area contributed by atoms with Gasteiger partial charge in [0.2, 0.25) is 0 Å². The average Bonchev–Trinajstić information content (AvgIpc) is 2.57. The summed E-state index contributed by atoms with van der Waals surface area (Å²) >= 11 is 0. The quantitative estimate of drug-likeness (QED) is 0.578. The molecule has 3 radical (unpaired) electrons. The second-order valence-corrected chi connectivity index (χ2v) is 4.40. The van der Waals surface area contributed by atoms with Gasteiger partial charge >= 0.3 is 0 Å². The molecule has 15 heavy (non-hydrogen) atoms. The van der Waals surface area contributed by atoms with Gasteiger partial charge in [0.1, 0.15) is 0 Å². The average molecular weight is 433 g/mol. The van der Waals surface area contributed by atoms with Gasteiger partial charge in [-0.25, -0.2) is 0 Å². The first kappa shape index (κ1) is 23.4. The third-order valence-electron chi connectivity index (χ3n) is 3.70. The van der Waals surface area contributed by atoms with Crippen molar-refractivity contribution in [1.29, 1.82) is 0 Å². The van der Waals surface area contributed by atoms with E-state index in [1.165, 1.54) is 19.3 Å². The minimum Gasteiger partial charge on any atom is -0.343 e. The van der Waals surface area contributed by atoms with Crippen LogP contribution in [0.1, 0.15) is 46.0 Å². The van der Waals surface area contributed by atoms with E-state index in [4.69, 9.17) is 0 Å². The maximum Gasteiger partial charge on any atom is 0 e. The molecule has 0 heterocycles. The minimum absolute atomic E-state index is 0. The first-order valence-corrected chi connectivity index (χ1v) is 5.29. The summed E-state index contributed by atoms with van der Waals surface area (Å²) in [6.45, 7) is 12.7. The van der Waals surface area contributed by atoms with Crippen LogP contribution in [0.2, 0.25) is 0 Å². The van der Waals surface area contributed by atoms with Crippen molar-refractivity contribution in [2.24, 2.45) is 17.3 Å².